The summed E-state index contributed by atoms with van der Waals surface area (Å²) in [5.41, 5.74) is 2.10. The van der Waals surface area contributed by atoms with E-state index < -0.39 is 12.0 Å². The number of methoxy groups -OCH3 is 1. The summed E-state index contributed by atoms with van der Waals surface area (Å²) in [6.07, 6.45) is 0.633. The maximum Gasteiger partial charge on any atom is 0.328 e. The molecule has 0 spiro atoms. The molecular weight excluding hydrogens is 256 g/mol. The summed E-state index contributed by atoms with van der Waals surface area (Å²) in [5, 5.41) is 5.94. The molecule has 1 heterocycles. The molecule has 2 N–H and O–H groups in total. The number of para-hydroxylation sites is 1. The highest BCUT2D eigenvalue weighted by molar-refractivity contribution is 5.91. The summed E-state index contributed by atoms with van der Waals surface area (Å²) in [6.45, 7) is 3.75. The van der Waals surface area contributed by atoms with Crippen LogP contribution >= 0.6 is 0 Å². The van der Waals surface area contributed by atoms with Crippen LogP contribution in [-0.4, -0.2) is 31.1 Å². The average Bonchev–Trinajstić information content (AvgIpc) is 2.87. The Morgan fingerprint density at radius 2 is 2.05 bits per heavy atom. The standard InChI is InChI=1S/C15H20N2O3/c1-9(2)13(15(19)20-3)17-14(18)12-8-10-6-4-5-7-11(10)16-12/h4-7,9,12-13,16H,8H2,1-3H3,(H,17,18)/t12?,13-/m0/s1. The molecule has 1 aliphatic heterocycles. The van der Waals surface area contributed by atoms with E-state index in [1.807, 2.05) is 38.1 Å². The van der Waals surface area contributed by atoms with E-state index in [-0.39, 0.29) is 17.9 Å². The highest BCUT2D eigenvalue weighted by Crippen LogP contribution is 2.25. The van der Waals surface area contributed by atoms with Gasteiger partial charge in [0, 0.05) is 12.1 Å². The van der Waals surface area contributed by atoms with Gasteiger partial charge < -0.3 is 15.4 Å². The van der Waals surface area contributed by atoms with E-state index in [0.29, 0.717) is 6.42 Å². The van der Waals surface area contributed by atoms with Gasteiger partial charge in [-0.15, -0.1) is 0 Å². The molecule has 1 aromatic rings. The third kappa shape index (κ3) is 2.92. The Hall–Kier alpha value is -2.04. The van der Waals surface area contributed by atoms with Crippen molar-refractivity contribution in [3.8, 4) is 0 Å². The number of ether oxygens (including phenoxy) is 1. The molecule has 2 atom stereocenters. The van der Waals surface area contributed by atoms with E-state index in [0.717, 1.165) is 11.3 Å². The summed E-state index contributed by atoms with van der Waals surface area (Å²) >= 11 is 0. The van der Waals surface area contributed by atoms with Crippen LogP contribution < -0.4 is 10.6 Å². The van der Waals surface area contributed by atoms with Crippen LogP contribution in [0.15, 0.2) is 24.3 Å². The van der Waals surface area contributed by atoms with Gasteiger partial charge in [0.05, 0.1) is 7.11 Å². The fourth-order valence-electron chi connectivity index (χ4n) is 2.33. The SMILES string of the molecule is COC(=O)[C@@H](NC(=O)C1Cc2ccccc2N1)C(C)C. The highest BCUT2D eigenvalue weighted by Gasteiger charge is 2.31. The first-order chi connectivity index (χ1) is 9.52. The largest absolute Gasteiger partial charge is 0.467 e. The lowest BCUT2D eigenvalue weighted by molar-refractivity contribution is -0.146. The van der Waals surface area contributed by atoms with Crippen LogP contribution in [-0.2, 0) is 20.7 Å². The van der Waals surface area contributed by atoms with Crippen LogP contribution in [0.1, 0.15) is 19.4 Å². The van der Waals surface area contributed by atoms with Crippen molar-refractivity contribution in [1.29, 1.82) is 0 Å². The van der Waals surface area contributed by atoms with Crippen molar-refractivity contribution in [3.05, 3.63) is 29.8 Å². The number of carbonyl (C=O) groups is 2. The summed E-state index contributed by atoms with van der Waals surface area (Å²) in [5.74, 6) is -0.607. The van der Waals surface area contributed by atoms with Crippen LogP contribution in [0, 0.1) is 5.92 Å². The molecule has 20 heavy (non-hydrogen) atoms. The second-order valence-electron chi connectivity index (χ2n) is 5.31. The number of anilines is 1. The fraction of sp³-hybridized carbons (Fsp3) is 0.467. The number of nitrogens with one attached hydrogen (secondary N) is 2. The number of amides is 1. The van der Waals surface area contributed by atoms with Crippen molar-refractivity contribution in [2.75, 3.05) is 12.4 Å². The van der Waals surface area contributed by atoms with Gasteiger partial charge in [-0.2, -0.15) is 0 Å². The number of esters is 1. The van der Waals surface area contributed by atoms with Gasteiger partial charge in [0.15, 0.2) is 0 Å². The number of hydrogen-bond donors (Lipinski definition) is 2. The van der Waals surface area contributed by atoms with E-state index in [4.69, 9.17) is 4.74 Å². The lowest BCUT2D eigenvalue weighted by Crippen LogP contribution is -2.50. The van der Waals surface area contributed by atoms with E-state index >= 15 is 0 Å². The zero-order valence-electron chi connectivity index (χ0n) is 12.0. The van der Waals surface area contributed by atoms with E-state index in [2.05, 4.69) is 10.6 Å². The Balaban J connectivity index is 2.01. The third-order valence-electron chi connectivity index (χ3n) is 3.51. The zero-order valence-corrected chi connectivity index (χ0v) is 12.0. The second kappa shape index (κ2) is 5.94. The van der Waals surface area contributed by atoms with Crippen LogP contribution in [0.5, 0.6) is 0 Å². The Morgan fingerprint density at radius 3 is 2.65 bits per heavy atom. The lowest BCUT2D eigenvalue weighted by Gasteiger charge is -2.22. The second-order valence-corrected chi connectivity index (χ2v) is 5.31. The lowest BCUT2D eigenvalue weighted by atomic mass is 10.0. The number of carbonyl (C=O) groups excluding carboxylic acids is 2. The Morgan fingerprint density at radius 1 is 1.35 bits per heavy atom. The molecule has 1 unspecified atom stereocenters. The molecule has 0 saturated heterocycles. The number of fused-ring (bicyclic) bond motifs is 1. The summed E-state index contributed by atoms with van der Waals surface area (Å²) in [6, 6.07) is 6.87. The quantitative estimate of drug-likeness (QED) is 0.814. The molecule has 2 rings (SSSR count). The fourth-order valence-corrected chi connectivity index (χ4v) is 2.33. The number of benzene rings is 1. The number of rotatable bonds is 4. The highest BCUT2D eigenvalue weighted by atomic mass is 16.5. The summed E-state index contributed by atoms with van der Waals surface area (Å²) in [7, 11) is 1.33. The number of hydrogen-bond acceptors (Lipinski definition) is 4. The maximum atomic E-state index is 12.3. The predicted molar refractivity (Wildman–Crippen MR) is 76.3 cm³/mol. The Labute approximate surface area is 118 Å². The van der Waals surface area contributed by atoms with Crippen LogP contribution in [0.2, 0.25) is 0 Å². The molecule has 0 aliphatic carbocycles. The minimum Gasteiger partial charge on any atom is -0.467 e. The van der Waals surface area contributed by atoms with Crippen molar-refractivity contribution in [2.45, 2.75) is 32.4 Å². The monoisotopic (exact) mass is 276 g/mol. The van der Waals surface area contributed by atoms with E-state index in [9.17, 15) is 9.59 Å². The van der Waals surface area contributed by atoms with Gasteiger partial charge in [-0.3, -0.25) is 4.79 Å². The van der Waals surface area contributed by atoms with Gasteiger partial charge in [-0.05, 0) is 17.5 Å². The van der Waals surface area contributed by atoms with Gasteiger partial charge in [0.1, 0.15) is 12.1 Å². The van der Waals surface area contributed by atoms with Gasteiger partial charge in [-0.1, -0.05) is 32.0 Å². The molecule has 108 valence electrons. The molecule has 0 saturated carbocycles. The van der Waals surface area contributed by atoms with Crippen molar-refractivity contribution < 1.29 is 14.3 Å². The first-order valence-electron chi connectivity index (χ1n) is 6.75. The Kier molecular flexibility index (Phi) is 4.27. The van der Waals surface area contributed by atoms with E-state index in [1.165, 1.54) is 7.11 Å². The Bertz CT molecular complexity index is 489. The van der Waals surface area contributed by atoms with E-state index in [1.54, 1.807) is 0 Å². The van der Waals surface area contributed by atoms with Crippen LogP contribution in [0.3, 0.4) is 0 Å². The van der Waals surface area contributed by atoms with Crippen molar-refractivity contribution in [2.24, 2.45) is 5.92 Å². The minimum atomic E-state index is -0.613. The molecule has 5 nitrogen and oxygen atoms in total. The molecule has 1 aliphatic rings. The normalized spacial score (nSPS) is 18.1. The van der Waals surface area contributed by atoms with Crippen LogP contribution in [0.4, 0.5) is 5.69 Å². The van der Waals surface area contributed by atoms with Gasteiger partial charge in [0.25, 0.3) is 0 Å². The minimum absolute atomic E-state index is 0.0184. The molecule has 1 aromatic carbocycles. The zero-order chi connectivity index (χ0) is 14.7. The van der Waals surface area contributed by atoms with Crippen LogP contribution in [0.25, 0.3) is 0 Å². The first kappa shape index (κ1) is 14.4. The van der Waals surface area contributed by atoms with Gasteiger partial charge in [-0.25, -0.2) is 4.79 Å². The molecule has 0 bridgehead atoms. The summed E-state index contributed by atoms with van der Waals surface area (Å²) < 4.78 is 4.72. The smallest absolute Gasteiger partial charge is 0.328 e. The predicted octanol–water partition coefficient (Wildman–Crippen LogP) is 1.34. The average molecular weight is 276 g/mol. The van der Waals surface area contributed by atoms with Crippen molar-refractivity contribution in [3.63, 3.8) is 0 Å². The molecule has 0 fully saturated rings. The summed E-state index contributed by atoms with van der Waals surface area (Å²) in [4.78, 5) is 23.9. The molecule has 1 amide bonds. The van der Waals surface area contributed by atoms with Gasteiger partial charge in [0.2, 0.25) is 5.91 Å². The molecule has 5 heteroatoms. The third-order valence-corrected chi connectivity index (χ3v) is 3.51. The topological polar surface area (TPSA) is 67.4 Å². The maximum absolute atomic E-state index is 12.3. The molecule has 0 aromatic heterocycles. The first-order valence-corrected chi connectivity index (χ1v) is 6.75. The van der Waals surface area contributed by atoms with Crippen molar-refractivity contribution >= 4 is 17.6 Å². The molecular formula is C15H20N2O3. The van der Waals surface area contributed by atoms with Gasteiger partial charge >= 0.3 is 5.97 Å². The molecule has 0 radical (unpaired) electrons. The van der Waals surface area contributed by atoms with Crippen molar-refractivity contribution in [1.82, 2.24) is 5.32 Å².